The lowest BCUT2D eigenvalue weighted by molar-refractivity contribution is -0.119. The van der Waals surface area contributed by atoms with Crippen LogP contribution in [0.4, 0.5) is 0 Å². The highest BCUT2D eigenvalue weighted by atomic mass is 32.2. The number of aromatic nitrogens is 3. The van der Waals surface area contributed by atoms with Gasteiger partial charge in [-0.3, -0.25) is 19.7 Å². The van der Waals surface area contributed by atoms with Crippen LogP contribution >= 0.6 is 0 Å². The van der Waals surface area contributed by atoms with Crippen LogP contribution in [-0.2, 0) is 21.2 Å². The summed E-state index contributed by atoms with van der Waals surface area (Å²) in [5, 5.41) is 3.35. The molecule has 2 N–H and O–H groups in total. The molecule has 0 saturated carbocycles. The Morgan fingerprint density at radius 2 is 1.88 bits per heavy atom. The van der Waals surface area contributed by atoms with Crippen molar-refractivity contribution in [3.63, 3.8) is 0 Å². The Balaban J connectivity index is 1.58. The van der Waals surface area contributed by atoms with Gasteiger partial charge in [-0.1, -0.05) is 18.2 Å². The number of fused-ring (bicyclic) bond motifs is 1. The number of nitrogens with one attached hydrogen (secondary N) is 2. The molecule has 26 heavy (non-hydrogen) atoms. The Labute approximate surface area is 150 Å². The molecule has 0 saturated heterocycles. The van der Waals surface area contributed by atoms with E-state index in [1.165, 1.54) is 12.3 Å². The normalized spacial score (nSPS) is 11.4. The number of hydrogen-bond acceptors (Lipinski definition) is 6. The van der Waals surface area contributed by atoms with E-state index in [4.69, 9.17) is 0 Å². The highest BCUT2D eigenvalue weighted by Crippen LogP contribution is 2.20. The first-order valence-corrected chi connectivity index (χ1v) is 9.39. The number of nitrogens with zero attached hydrogens (tertiary/aromatic N) is 3. The van der Waals surface area contributed by atoms with E-state index in [0.29, 0.717) is 23.9 Å². The zero-order chi connectivity index (χ0) is 18.4. The lowest BCUT2D eigenvalue weighted by atomic mass is 10.2. The lowest BCUT2D eigenvalue weighted by Crippen LogP contribution is -2.37. The summed E-state index contributed by atoms with van der Waals surface area (Å²) in [7, 11) is -3.85. The molecule has 3 aromatic rings. The number of para-hydroxylation sites is 1. The lowest BCUT2D eigenvalue weighted by Gasteiger charge is -2.09. The summed E-state index contributed by atoms with van der Waals surface area (Å²) in [6.07, 6.45) is 6.80. The van der Waals surface area contributed by atoms with Crippen LogP contribution in [0.2, 0.25) is 0 Å². The molecule has 0 unspecified atom stereocenters. The van der Waals surface area contributed by atoms with Crippen LogP contribution in [0.3, 0.4) is 0 Å². The Bertz CT molecular complexity index is 1000. The van der Waals surface area contributed by atoms with Crippen molar-refractivity contribution in [2.24, 2.45) is 0 Å². The van der Waals surface area contributed by atoms with Gasteiger partial charge in [-0.15, -0.1) is 0 Å². The zero-order valence-corrected chi connectivity index (χ0v) is 14.6. The number of carbonyl (C=O) groups excluding carboxylic acids is 1. The van der Waals surface area contributed by atoms with E-state index in [-0.39, 0.29) is 11.4 Å². The number of hydrogen-bond donors (Lipinski definition) is 2. The van der Waals surface area contributed by atoms with E-state index in [1.54, 1.807) is 42.9 Å². The van der Waals surface area contributed by atoms with E-state index < -0.39 is 15.9 Å². The zero-order valence-electron chi connectivity index (χ0n) is 13.8. The minimum Gasteiger partial charge on any atom is -0.355 e. The van der Waals surface area contributed by atoms with Crippen LogP contribution < -0.4 is 10.0 Å². The molecule has 0 atom stereocenters. The molecule has 1 aromatic carbocycles. The van der Waals surface area contributed by atoms with Crippen molar-refractivity contribution in [3.8, 4) is 0 Å². The summed E-state index contributed by atoms with van der Waals surface area (Å²) in [5.74, 6) is -0.425. The number of sulfonamides is 1. The van der Waals surface area contributed by atoms with E-state index in [1.807, 2.05) is 0 Å². The third-order valence-corrected chi connectivity index (χ3v) is 5.06. The molecule has 0 radical (unpaired) electrons. The van der Waals surface area contributed by atoms with Gasteiger partial charge in [0.25, 0.3) is 0 Å². The third kappa shape index (κ3) is 4.38. The summed E-state index contributed by atoms with van der Waals surface area (Å²) in [4.78, 5) is 24.1. The van der Waals surface area contributed by atoms with Crippen molar-refractivity contribution in [1.82, 2.24) is 25.0 Å². The maximum absolute atomic E-state index is 12.5. The Morgan fingerprint density at radius 3 is 2.69 bits per heavy atom. The van der Waals surface area contributed by atoms with Crippen LogP contribution in [0.5, 0.6) is 0 Å². The summed E-state index contributed by atoms with van der Waals surface area (Å²) >= 11 is 0. The summed E-state index contributed by atoms with van der Waals surface area (Å²) in [5.41, 5.74) is 1.11. The largest absolute Gasteiger partial charge is 0.355 e. The van der Waals surface area contributed by atoms with E-state index in [0.717, 1.165) is 5.69 Å². The fourth-order valence-electron chi connectivity index (χ4n) is 2.38. The van der Waals surface area contributed by atoms with Crippen LogP contribution in [0.25, 0.3) is 10.9 Å². The van der Waals surface area contributed by atoms with Crippen molar-refractivity contribution >= 4 is 26.8 Å². The molecule has 3 rings (SSSR count). The Morgan fingerprint density at radius 1 is 1.04 bits per heavy atom. The average molecular weight is 371 g/mol. The van der Waals surface area contributed by atoms with E-state index in [2.05, 4.69) is 25.0 Å². The molecule has 0 aliphatic carbocycles. The van der Waals surface area contributed by atoms with Crippen molar-refractivity contribution in [3.05, 3.63) is 60.8 Å². The average Bonchev–Trinajstić information content (AvgIpc) is 2.67. The first-order chi connectivity index (χ1) is 12.6. The molecule has 0 fully saturated rings. The first-order valence-electron chi connectivity index (χ1n) is 7.91. The van der Waals surface area contributed by atoms with Crippen LogP contribution in [0.1, 0.15) is 5.69 Å². The second-order valence-electron chi connectivity index (χ2n) is 5.45. The first kappa shape index (κ1) is 17.9. The molecule has 0 bridgehead atoms. The van der Waals surface area contributed by atoms with Crippen molar-refractivity contribution in [2.75, 3.05) is 13.1 Å². The van der Waals surface area contributed by atoms with Gasteiger partial charge in [0.1, 0.15) is 4.90 Å². The number of benzene rings is 1. The molecule has 0 aliphatic heterocycles. The summed E-state index contributed by atoms with van der Waals surface area (Å²) in [6, 6.07) is 8.39. The number of pyridine rings is 1. The molecule has 2 aromatic heterocycles. The van der Waals surface area contributed by atoms with Gasteiger partial charge in [0.2, 0.25) is 15.9 Å². The van der Waals surface area contributed by atoms with Crippen LogP contribution in [0.15, 0.2) is 60.0 Å². The van der Waals surface area contributed by atoms with Gasteiger partial charge in [-0.05, 0) is 12.1 Å². The molecule has 9 heteroatoms. The SMILES string of the molecule is O=C(CNS(=O)(=O)c1cccc2cccnc12)NCCc1cnccn1. The van der Waals surface area contributed by atoms with Gasteiger partial charge in [0.05, 0.1) is 17.8 Å². The predicted octanol–water partition coefficient (Wildman–Crippen LogP) is 0.662. The second-order valence-corrected chi connectivity index (χ2v) is 7.19. The summed E-state index contributed by atoms with van der Waals surface area (Å²) < 4.78 is 27.3. The Hall–Kier alpha value is -2.91. The van der Waals surface area contributed by atoms with Gasteiger partial charge >= 0.3 is 0 Å². The molecule has 134 valence electrons. The maximum atomic E-state index is 12.5. The quantitative estimate of drug-likeness (QED) is 0.631. The molecular formula is C17H17N5O3S. The van der Waals surface area contributed by atoms with Crippen molar-refractivity contribution < 1.29 is 13.2 Å². The predicted molar refractivity (Wildman–Crippen MR) is 95.7 cm³/mol. The summed E-state index contributed by atoms with van der Waals surface area (Å²) in [6.45, 7) is -0.0128. The number of amides is 1. The molecule has 0 spiro atoms. The molecule has 0 aliphatic rings. The standard InChI is InChI=1S/C17H17N5O3S/c23-16(20-8-6-14-11-18-9-10-19-14)12-22-26(24,25)15-5-1-3-13-4-2-7-21-17(13)15/h1-5,7,9-11,22H,6,8,12H2,(H,20,23). The minimum absolute atomic E-state index is 0.0444. The number of carbonyl (C=O) groups is 1. The molecule has 1 amide bonds. The van der Waals surface area contributed by atoms with E-state index >= 15 is 0 Å². The van der Waals surface area contributed by atoms with Gasteiger partial charge in [-0.2, -0.15) is 0 Å². The highest BCUT2D eigenvalue weighted by molar-refractivity contribution is 7.89. The van der Waals surface area contributed by atoms with Gasteiger partial charge < -0.3 is 5.32 Å². The van der Waals surface area contributed by atoms with Crippen molar-refractivity contribution in [1.29, 1.82) is 0 Å². The van der Waals surface area contributed by atoms with Crippen LogP contribution in [0, 0.1) is 0 Å². The second kappa shape index (κ2) is 7.98. The molecule has 8 nitrogen and oxygen atoms in total. The third-order valence-electron chi connectivity index (χ3n) is 3.63. The number of rotatable bonds is 7. The fourth-order valence-corrected chi connectivity index (χ4v) is 3.54. The van der Waals surface area contributed by atoms with Crippen LogP contribution in [-0.4, -0.2) is 42.4 Å². The van der Waals surface area contributed by atoms with E-state index in [9.17, 15) is 13.2 Å². The van der Waals surface area contributed by atoms with Gasteiger partial charge in [0, 0.05) is 43.1 Å². The maximum Gasteiger partial charge on any atom is 0.243 e. The Kier molecular flexibility index (Phi) is 5.49. The molecular weight excluding hydrogens is 354 g/mol. The minimum atomic E-state index is -3.85. The monoisotopic (exact) mass is 371 g/mol. The highest BCUT2D eigenvalue weighted by Gasteiger charge is 2.18. The fraction of sp³-hybridized carbons (Fsp3) is 0.176. The van der Waals surface area contributed by atoms with Gasteiger partial charge in [-0.25, -0.2) is 13.1 Å². The van der Waals surface area contributed by atoms with Gasteiger partial charge in [0.15, 0.2) is 0 Å². The topological polar surface area (TPSA) is 114 Å². The molecule has 2 heterocycles. The van der Waals surface area contributed by atoms with Crippen molar-refractivity contribution in [2.45, 2.75) is 11.3 Å². The smallest absolute Gasteiger partial charge is 0.243 e.